The summed E-state index contributed by atoms with van der Waals surface area (Å²) in [4.78, 5) is 27.1. The Morgan fingerprint density at radius 1 is 1.10 bits per heavy atom. The lowest BCUT2D eigenvalue weighted by molar-refractivity contribution is -0.134. The number of benzene rings is 1. The Morgan fingerprint density at radius 3 is 2.21 bits per heavy atom. The van der Waals surface area contributed by atoms with Crippen LogP contribution >= 0.6 is 0 Å². The van der Waals surface area contributed by atoms with Crippen LogP contribution in [-0.4, -0.2) is 73.4 Å². The molecule has 1 aromatic rings. The fourth-order valence-corrected chi connectivity index (χ4v) is 4.49. The Hall–Kier alpha value is -1.97. The van der Waals surface area contributed by atoms with Crippen LogP contribution < -0.4 is 5.32 Å². The van der Waals surface area contributed by atoms with Gasteiger partial charge in [-0.05, 0) is 31.0 Å². The van der Waals surface area contributed by atoms with E-state index in [0.717, 1.165) is 0 Å². The van der Waals surface area contributed by atoms with Crippen molar-refractivity contribution in [2.75, 3.05) is 32.8 Å². The maximum absolute atomic E-state index is 12.8. The summed E-state index contributed by atoms with van der Waals surface area (Å²) in [5.41, 5.74) is 0.168. The largest absolute Gasteiger partial charge is 0.395 e. The monoisotopic (exact) mass is 427 g/mol. The van der Waals surface area contributed by atoms with Gasteiger partial charge in [0.1, 0.15) is 6.04 Å². The van der Waals surface area contributed by atoms with Crippen molar-refractivity contribution in [2.24, 2.45) is 5.92 Å². The standard InChI is InChI=1S/C20H33N3O5S/c1-6-22(12-13-24)20(26)18(15(4)5)21-19(25)16-10-9-11-17(14-16)29(27,28)23(7-2)8-3/h9-11,14-15,18,24H,6-8,12-13H2,1-5H3,(H,21,25)/t18-/m0/s1. The molecule has 0 aliphatic carbocycles. The van der Waals surface area contributed by atoms with E-state index < -0.39 is 22.0 Å². The molecule has 29 heavy (non-hydrogen) atoms. The van der Waals surface area contributed by atoms with Crippen LogP contribution in [0, 0.1) is 5.92 Å². The van der Waals surface area contributed by atoms with Crippen molar-refractivity contribution >= 4 is 21.8 Å². The van der Waals surface area contributed by atoms with Crippen molar-refractivity contribution < 1.29 is 23.1 Å². The van der Waals surface area contributed by atoms with E-state index in [9.17, 15) is 18.0 Å². The van der Waals surface area contributed by atoms with Crippen LogP contribution in [0.3, 0.4) is 0 Å². The van der Waals surface area contributed by atoms with Crippen LogP contribution in [0.25, 0.3) is 0 Å². The zero-order valence-electron chi connectivity index (χ0n) is 17.9. The molecule has 0 bridgehead atoms. The van der Waals surface area contributed by atoms with E-state index in [2.05, 4.69) is 5.32 Å². The van der Waals surface area contributed by atoms with Gasteiger partial charge in [-0.3, -0.25) is 9.59 Å². The summed E-state index contributed by atoms with van der Waals surface area (Å²) in [6, 6.07) is 5.04. The number of hydrogen-bond donors (Lipinski definition) is 2. The smallest absolute Gasteiger partial charge is 0.251 e. The number of carbonyl (C=O) groups is 2. The SMILES string of the molecule is CCN(CCO)C(=O)[C@@H](NC(=O)c1cccc(S(=O)(=O)N(CC)CC)c1)C(C)C. The minimum atomic E-state index is -3.69. The highest BCUT2D eigenvalue weighted by Crippen LogP contribution is 2.17. The summed E-state index contributed by atoms with van der Waals surface area (Å²) >= 11 is 0. The number of likely N-dealkylation sites (N-methyl/N-ethyl adjacent to an activating group) is 1. The lowest BCUT2D eigenvalue weighted by atomic mass is 10.0. The maximum atomic E-state index is 12.8. The number of carbonyl (C=O) groups excluding carboxylic acids is 2. The first-order chi connectivity index (χ1) is 13.6. The van der Waals surface area contributed by atoms with Gasteiger partial charge in [0.2, 0.25) is 15.9 Å². The third-order valence-corrected chi connectivity index (χ3v) is 6.77. The van der Waals surface area contributed by atoms with Gasteiger partial charge >= 0.3 is 0 Å². The first kappa shape index (κ1) is 25.1. The summed E-state index contributed by atoms with van der Waals surface area (Å²) in [7, 11) is -3.69. The number of sulfonamides is 1. The molecule has 0 saturated heterocycles. The van der Waals surface area contributed by atoms with Gasteiger partial charge in [0.15, 0.2) is 0 Å². The average Bonchev–Trinajstić information content (AvgIpc) is 2.70. The normalized spacial score (nSPS) is 12.8. The maximum Gasteiger partial charge on any atom is 0.251 e. The Kier molecular flexibility index (Phi) is 9.75. The minimum Gasteiger partial charge on any atom is -0.395 e. The molecule has 2 amide bonds. The van der Waals surface area contributed by atoms with Crippen LogP contribution in [0.2, 0.25) is 0 Å². The van der Waals surface area contributed by atoms with Crippen molar-refractivity contribution in [2.45, 2.75) is 45.6 Å². The van der Waals surface area contributed by atoms with Crippen molar-refractivity contribution in [3.8, 4) is 0 Å². The molecule has 1 atom stereocenters. The highest BCUT2D eigenvalue weighted by molar-refractivity contribution is 7.89. The predicted octanol–water partition coefficient (Wildman–Crippen LogP) is 1.31. The Balaban J connectivity index is 3.13. The molecule has 1 rings (SSSR count). The van der Waals surface area contributed by atoms with E-state index in [1.807, 2.05) is 13.8 Å². The van der Waals surface area contributed by atoms with Crippen LogP contribution in [0.4, 0.5) is 0 Å². The Labute approximate surface area is 173 Å². The quantitative estimate of drug-likeness (QED) is 0.554. The highest BCUT2D eigenvalue weighted by atomic mass is 32.2. The molecule has 8 nitrogen and oxygen atoms in total. The molecule has 2 N–H and O–H groups in total. The number of nitrogens with one attached hydrogen (secondary N) is 1. The summed E-state index contributed by atoms with van der Waals surface area (Å²) < 4.78 is 26.8. The first-order valence-corrected chi connectivity index (χ1v) is 11.4. The molecule has 1 aromatic carbocycles. The minimum absolute atomic E-state index is 0.0386. The van der Waals surface area contributed by atoms with E-state index in [4.69, 9.17) is 5.11 Å². The highest BCUT2D eigenvalue weighted by Gasteiger charge is 2.29. The number of aliphatic hydroxyl groups is 1. The molecule has 0 aromatic heterocycles. The van der Waals surface area contributed by atoms with Gasteiger partial charge in [-0.1, -0.05) is 33.8 Å². The number of aliphatic hydroxyl groups excluding tert-OH is 1. The summed E-state index contributed by atoms with van der Waals surface area (Å²) in [6.07, 6.45) is 0. The molecule has 0 fully saturated rings. The molecule has 0 radical (unpaired) electrons. The van der Waals surface area contributed by atoms with Gasteiger partial charge in [-0.25, -0.2) is 8.42 Å². The molecular formula is C20H33N3O5S. The van der Waals surface area contributed by atoms with Gasteiger partial charge in [-0.15, -0.1) is 0 Å². The number of nitrogens with zero attached hydrogens (tertiary/aromatic N) is 2. The van der Waals surface area contributed by atoms with Crippen LogP contribution in [0.1, 0.15) is 45.0 Å². The molecular weight excluding hydrogens is 394 g/mol. The molecule has 164 valence electrons. The number of rotatable bonds is 11. The predicted molar refractivity (Wildman–Crippen MR) is 112 cm³/mol. The first-order valence-electron chi connectivity index (χ1n) is 9.94. The second-order valence-electron chi connectivity index (χ2n) is 6.95. The van der Waals surface area contributed by atoms with Crippen LogP contribution in [0.15, 0.2) is 29.2 Å². The zero-order chi connectivity index (χ0) is 22.2. The molecule has 0 spiro atoms. The molecule has 9 heteroatoms. The van der Waals surface area contributed by atoms with Crippen LogP contribution in [0.5, 0.6) is 0 Å². The van der Waals surface area contributed by atoms with E-state index in [1.165, 1.54) is 33.5 Å². The third kappa shape index (κ3) is 6.25. The van der Waals surface area contributed by atoms with E-state index in [1.54, 1.807) is 20.8 Å². The number of hydrogen-bond acceptors (Lipinski definition) is 5. The summed E-state index contributed by atoms with van der Waals surface area (Å²) in [5, 5.41) is 11.9. The van der Waals surface area contributed by atoms with Crippen molar-refractivity contribution in [3.63, 3.8) is 0 Å². The number of amides is 2. The lowest BCUT2D eigenvalue weighted by Crippen LogP contribution is -2.51. The van der Waals surface area contributed by atoms with Gasteiger partial charge in [0.25, 0.3) is 5.91 Å². The van der Waals surface area contributed by atoms with Gasteiger partial charge < -0.3 is 15.3 Å². The Morgan fingerprint density at radius 2 is 1.72 bits per heavy atom. The molecule has 0 aliphatic rings. The summed E-state index contributed by atoms with van der Waals surface area (Å²) in [6.45, 7) is 10.0. The fourth-order valence-electron chi connectivity index (χ4n) is 2.99. The zero-order valence-corrected chi connectivity index (χ0v) is 18.7. The molecule has 0 saturated carbocycles. The lowest BCUT2D eigenvalue weighted by Gasteiger charge is -2.28. The van der Waals surface area contributed by atoms with Gasteiger partial charge in [-0.2, -0.15) is 4.31 Å². The van der Waals surface area contributed by atoms with Crippen molar-refractivity contribution in [1.82, 2.24) is 14.5 Å². The van der Waals surface area contributed by atoms with Crippen molar-refractivity contribution in [1.29, 1.82) is 0 Å². The van der Waals surface area contributed by atoms with E-state index >= 15 is 0 Å². The summed E-state index contributed by atoms with van der Waals surface area (Å²) in [5.74, 6) is -0.979. The fraction of sp³-hybridized carbons (Fsp3) is 0.600. The van der Waals surface area contributed by atoms with Gasteiger partial charge in [0, 0.05) is 31.7 Å². The average molecular weight is 428 g/mol. The second kappa shape index (κ2) is 11.3. The third-order valence-electron chi connectivity index (χ3n) is 4.72. The molecule has 0 aliphatic heterocycles. The Bertz CT molecular complexity index is 791. The van der Waals surface area contributed by atoms with E-state index in [-0.39, 0.29) is 35.4 Å². The molecule has 0 heterocycles. The van der Waals surface area contributed by atoms with Crippen molar-refractivity contribution in [3.05, 3.63) is 29.8 Å². The van der Waals surface area contributed by atoms with E-state index in [0.29, 0.717) is 19.6 Å². The topological polar surface area (TPSA) is 107 Å². The second-order valence-corrected chi connectivity index (χ2v) is 8.89. The van der Waals surface area contributed by atoms with Crippen LogP contribution in [-0.2, 0) is 14.8 Å². The molecule has 0 unspecified atom stereocenters. The van der Waals surface area contributed by atoms with Gasteiger partial charge in [0.05, 0.1) is 11.5 Å².